The summed E-state index contributed by atoms with van der Waals surface area (Å²) in [7, 11) is 0. The van der Waals surface area contributed by atoms with Gasteiger partial charge >= 0.3 is 0 Å². The Balaban J connectivity index is 2.07. The van der Waals surface area contributed by atoms with Gasteiger partial charge in [0.25, 0.3) is 0 Å². The van der Waals surface area contributed by atoms with Crippen molar-refractivity contribution in [2.45, 2.75) is 56.3 Å². The Kier molecular flexibility index (Phi) is 4.53. The first-order valence-corrected chi connectivity index (χ1v) is 7.44. The van der Waals surface area contributed by atoms with E-state index in [0.717, 1.165) is 18.1 Å². The lowest BCUT2D eigenvalue weighted by Gasteiger charge is -2.40. The number of aliphatic hydroxyl groups excluding tert-OH is 3. The molecule has 5 nitrogen and oxygen atoms in total. The molecule has 0 radical (unpaired) electrons. The van der Waals surface area contributed by atoms with Crippen LogP contribution < -0.4 is 5.32 Å². The number of hydrogen-bond acceptors (Lipinski definition) is 5. The Morgan fingerprint density at radius 2 is 2.17 bits per heavy atom. The number of rotatable bonds is 3. The van der Waals surface area contributed by atoms with Crippen LogP contribution in [-0.4, -0.2) is 56.6 Å². The summed E-state index contributed by atoms with van der Waals surface area (Å²) >= 11 is 1.62. The number of amidine groups is 1. The van der Waals surface area contributed by atoms with E-state index in [2.05, 4.69) is 17.2 Å². The highest BCUT2D eigenvalue weighted by molar-refractivity contribution is 8.14. The van der Waals surface area contributed by atoms with E-state index >= 15 is 0 Å². The van der Waals surface area contributed by atoms with Crippen LogP contribution in [0.3, 0.4) is 0 Å². The van der Waals surface area contributed by atoms with E-state index < -0.39 is 18.3 Å². The number of nitrogens with one attached hydrogen (secondary N) is 1. The topological polar surface area (TPSA) is 85.1 Å². The minimum Gasteiger partial charge on any atom is -0.393 e. The van der Waals surface area contributed by atoms with Crippen molar-refractivity contribution in [1.82, 2.24) is 5.32 Å². The molecule has 18 heavy (non-hydrogen) atoms. The summed E-state index contributed by atoms with van der Waals surface area (Å²) in [5.74, 6) is -0.263. The van der Waals surface area contributed by atoms with Crippen LogP contribution in [0.25, 0.3) is 0 Å². The lowest BCUT2D eigenvalue weighted by atomic mass is 9.78. The highest BCUT2D eigenvalue weighted by atomic mass is 32.2. The van der Waals surface area contributed by atoms with Crippen molar-refractivity contribution in [3.8, 4) is 0 Å². The van der Waals surface area contributed by atoms with Crippen LogP contribution in [0.5, 0.6) is 0 Å². The van der Waals surface area contributed by atoms with E-state index in [4.69, 9.17) is 0 Å². The Morgan fingerprint density at radius 3 is 2.78 bits per heavy atom. The maximum atomic E-state index is 10.1. The molecule has 1 aliphatic heterocycles. The molecule has 2 fully saturated rings. The molecule has 0 spiro atoms. The van der Waals surface area contributed by atoms with E-state index in [-0.39, 0.29) is 17.2 Å². The maximum absolute atomic E-state index is 10.1. The zero-order valence-electron chi connectivity index (χ0n) is 10.8. The van der Waals surface area contributed by atoms with E-state index in [9.17, 15) is 15.3 Å². The van der Waals surface area contributed by atoms with E-state index in [1.807, 2.05) is 0 Å². The van der Waals surface area contributed by atoms with E-state index in [1.165, 1.54) is 0 Å². The van der Waals surface area contributed by atoms with Gasteiger partial charge in [-0.25, -0.2) is 0 Å². The third kappa shape index (κ3) is 2.66. The van der Waals surface area contributed by atoms with Gasteiger partial charge in [0.2, 0.25) is 0 Å². The molecule has 0 aromatic rings. The molecule has 4 N–H and O–H groups in total. The Morgan fingerprint density at radius 1 is 1.44 bits per heavy atom. The van der Waals surface area contributed by atoms with Crippen LogP contribution >= 0.6 is 11.8 Å². The first-order valence-electron chi connectivity index (χ1n) is 6.56. The first kappa shape index (κ1) is 14.1. The number of aliphatic imine (C=N–C) groups is 1. The average molecular weight is 274 g/mol. The monoisotopic (exact) mass is 274 g/mol. The summed E-state index contributed by atoms with van der Waals surface area (Å²) in [6.45, 7) is 4.51. The lowest BCUT2D eigenvalue weighted by molar-refractivity contribution is -0.0864. The van der Waals surface area contributed by atoms with Crippen LogP contribution in [0.2, 0.25) is 0 Å². The number of nitrogens with zero attached hydrogens (tertiary/aromatic N) is 1. The van der Waals surface area contributed by atoms with Crippen molar-refractivity contribution in [3.05, 3.63) is 0 Å². The van der Waals surface area contributed by atoms with Crippen molar-refractivity contribution < 1.29 is 15.3 Å². The minimum atomic E-state index is -0.870. The van der Waals surface area contributed by atoms with Crippen molar-refractivity contribution in [2.24, 2.45) is 10.9 Å². The summed E-state index contributed by atoms with van der Waals surface area (Å²) in [5.41, 5.74) is 0. The van der Waals surface area contributed by atoms with Gasteiger partial charge in [-0.1, -0.05) is 18.7 Å². The van der Waals surface area contributed by atoms with Crippen molar-refractivity contribution >= 4 is 16.9 Å². The SMILES string of the molecule is CCCN=C1N[C@@H]2[C@@H](O)[C@H](O)[C@@H]([C@H](C)O)C[C@@H]2S1. The second kappa shape index (κ2) is 5.77. The number of fused-ring (bicyclic) bond motifs is 1. The maximum Gasteiger partial charge on any atom is 0.157 e. The molecule has 0 amide bonds. The number of thioether (sulfide) groups is 1. The minimum absolute atomic E-state index is 0.157. The second-order valence-electron chi connectivity index (χ2n) is 5.13. The summed E-state index contributed by atoms with van der Waals surface area (Å²) in [5, 5.41) is 34.0. The predicted molar refractivity (Wildman–Crippen MR) is 72.7 cm³/mol. The molecule has 6 heteroatoms. The smallest absolute Gasteiger partial charge is 0.157 e. The molecule has 1 saturated carbocycles. The molecule has 2 aliphatic rings. The summed E-state index contributed by atoms with van der Waals surface area (Å²) in [6, 6.07) is -0.157. The standard InChI is InChI=1S/C12H22N2O3S/c1-3-4-13-12-14-9-8(18-12)5-7(6(2)15)10(16)11(9)17/h6-11,15-17H,3-5H2,1-2H3,(H,13,14)/t6-,7+,8-,9-,10+,11+/m0/s1. The van der Waals surface area contributed by atoms with Crippen molar-refractivity contribution in [2.75, 3.05) is 6.54 Å². The highest BCUT2D eigenvalue weighted by Gasteiger charge is 2.48. The Labute approximate surface area is 112 Å². The Hall–Kier alpha value is -0.300. The molecule has 0 aromatic carbocycles. The average Bonchev–Trinajstić information content (AvgIpc) is 2.74. The van der Waals surface area contributed by atoms with Crippen molar-refractivity contribution in [1.29, 1.82) is 0 Å². The molecule has 6 atom stereocenters. The van der Waals surface area contributed by atoms with Crippen LogP contribution in [-0.2, 0) is 0 Å². The van der Waals surface area contributed by atoms with Gasteiger partial charge in [0.15, 0.2) is 5.17 Å². The fraction of sp³-hybridized carbons (Fsp3) is 0.917. The van der Waals surface area contributed by atoms with Gasteiger partial charge in [-0.15, -0.1) is 0 Å². The van der Waals surface area contributed by atoms with E-state index in [0.29, 0.717) is 6.42 Å². The van der Waals surface area contributed by atoms with E-state index in [1.54, 1.807) is 18.7 Å². The molecule has 104 valence electrons. The molecule has 1 heterocycles. The summed E-state index contributed by atoms with van der Waals surface area (Å²) in [4.78, 5) is 4.41. The second-order valence-corrected chi connectivity index (χ2v) is 6.36. The predicted octanol–water partition coefficient (Wildman–Crippen LogP) is -0.0515. The fourth-order valence-electron chi connectivity index (χ4n) is 2.64. The van der Waals surface area contributed by atoms with Crippen LogP contribution in [0.15, 0.2) is 4.99 Å². The van der Waals surface area contributed by atoms with Crippen LogP contribution in [0.4, 0.5) is 0 Å². The highest BCUT2D eigenvalue weighted by Crippen LogP contribution is 2.38. The molecular weight excluding hydrogens is 252 g/mol. The normalized spacial score (nSPS) is 43.6. The Bertz CT molecular complexity index is 324. The van der Waals surface area contributed by atoms with Gasteiger partial charge in [0, 0.05) is 17.7 Å². The molecule has 0 aromatic heterocycles. The molecule has 2 rings (SSSR count). The molecule has 1 saturated heterocycles. The van der Waals surface area contributed by atoms with Gasteiger partial charge in [-0.05, 0) is 19.8 Å². The summed E-state index contributed by atoms with van der Waals surface area (Å²) < 4.78 is 0. The van der Waals surface area contributed by atoms with Crippen LogP contribution in [0.1, 0.15) is 26.7 Å². The summed E-state index contributed by atoms with van der Waals surface area (Å²) in [6.07, 6.45) is -0.630. The van der Waals surface area contributed by atoms with Gasteiger partial charge in [-0.2, -0.15) is 0 Å². The zero-order valence-corrected chi connectivity index (χ0v) is 11.6. The first-order chi connectivity index (χ1) is 8.54. The third-order valence-electron chi connectivity index (χ3n) is 3.71. The number of aliphatic hydroxyl groups is 3. The molecule has 1 aliphatic carbocycles. The van der Waals surface area contributed by atoms with Gasteiger partial charge in [0.1, 0.15) is 6.10 Å². The quantitative estimate of drug-likeness (QED) is 0.580. The molecule has 0 unspecified atom stereocenters. The number of hydrogen-bond donors (Lipinski definition) is 4. The zero-order chi connectivity index (χ0) is 13.3. The third-order valence-corrected chi connectivity index (χ3v) is 4.97. The van der Waals surface area contributed by atoms with Gasteiger partial charge in [0.05, 0.1) is 18.2 Å². The fourth-order valence-corrected chi connectivity index (χ4v) is 3.99. The lowest BCUT2D eigenvalue weighted by Crippen LogP contribution is -2.57. The van der Waals surface area contributed by atoms with Crippen molar-refractivity contribution in [3.63, 3.8) is 0 Å². The molecular formula is C12H22N2O3S. The largest absolute Gasteiger partial charge is 0.393 e. The van der Waals surface area contributed by atoms with Crippen LogP contribution in [0, 0.1) is 5.92 Å². The van der Waals surface area contributed by atoms with Gasteiger partial charge in [-0.3, -0.25) is 4.99 Å². The molecule has 0 bridgehead atoms. The van der Waals surface area contributed by atoms with Gasteiger partial charge < -0.3 is 20.6 Å².